The fraction of sp³-hybridized carbons (Fsp3) is 0.357. The fourth-order valence-corrected chi connectivity index (χ4v) is 4.06. The first kappa shape index (κ1) is 16.1. The van der Waals surface area contributed by atoms with Gasteiger partial charge in [0.2, 0.25) is 10.0 Å². The van der Waals surface area contributed by atoms with Crippen molar-refractivity contribution in [2.45, 2.75) is 26.0 Å². The predicted octanol–water partition coefficient (Wildman–Crippen LogP) is 2.56. The largest absolute Gasteiger partial charge is 0.247 e. The van der Waals surface area contributed by atoms with E-state index in [2.05, 4.69) is 9.71 Å². The van der Waals surface area contributed by atoms with Gasteiger partial charge in [0.05, 0.1) is 16.5 Å². The smallest absolute Gasteiger partial charge is 0.215 e. The zero-order valence-electron chi connectivity index (χ0n) is 11.9. The molecule has 2 aromatic rings. The van der Waals surface area contributed by atoms with Crippen LogP contribution in [0.1, 0.15) is 21.1 Å². The maximum Gasteiger partial charge on any atom is 0.215 e. The number of hydrogen-bond donors (Lipinski definition) is 1. The van der Waals surface area contributed by atoms with Gasteiger partial charge in [0.1, 0.15) is 5.82 Å². The van der Waals surface area contributed by atoms with E-state index in [4.69, 9.17) is 0 Å². The maximum atomic E-state index is 12.8. The zero-order chi connectivity index (χ0) is 15.5. The second kappa shape index (κ2) is 6.64. The third-order valence-corrected chi connectivity index (χ3v) is 5.43. The monoisotopic (exact) mass is 328 g/mol. The zero-order valence-corrected chi connectivity index (χ0v) is 13.5. The molecular formula is C14H17FN2O2S2. The lowest BCUT2D eigenvalue weighted by atomic mass is 10.2. The van der Waals surface area contributed by atoms with Crippen LogP contribution in [0, 0.1) is 19.7 Å². The second-order valence-corrected chi connectivity index (χ2v) is 7.87. The van der Waals surface area contributed by atoms with Gasteiger partial charge < -0.3 is 0 Å². The molecule has 0 amide bonds. The molecule has 0 unspecified atom stereocenters. The van der Waals surface area contributed by atoms with E-state index >= 15 is 0 Å². The Labute approximate surface area is 128 Å². The molecule has 1 N–H and O–H groups in total. The van der Waals surface area contributed by atoms with Crippen molar-refractivity contribution in [3.63, 3.8) is 0 Å². The summed E-state index contributed by atoms with van der Waals surface area (Å²) in [4.78, 5) is 5.40. The molecule has 7 heteroatoms. The summed E-state index contributed by atoms with van der Waals surface area (Å²) in [6.07, 6.45) is 0.625. The number of benzene rings is 1. The van der Waals surface area contributed by atoms with Crippen LogP contribution in [0.3, 0.4) is 0 Å². The highest BCUT2D eigenvalue weighted by Crippen LogP contribution is 2.17. The van der Waals surface area contributed by atoms with Gasteiger partial charge in [-0.2, -0.15) is 0 Å². The highest BCUT2D eigenvalue weighted by molar-refractivity contribution is 7.88. The standard InChI is InChI=1S/C14H17FN2O2S2/c1-10-14(20-11(2)17-10)7-8-16-21(18,19)9-12-3-5-13(15)6-4-12/h3-6,16H,7-9H2,1-2H3. The van der Waals surface area contributed by atoms with E-state index < -0.39 is 10.0 Å². The maximum absolute atomic E-state index is 12.8. The number of aryl methyl sites for hydroxylation is 2. The van der Waals surface area contributed by atoms with Crippen molar-refractivity contribution in [2.75, 3.05) is 6.54 Å². The first-order valence-electron chi connectivity index (χ1n) is 6.50. The van der Waals surface area contributed by atoms with Crippen LogP contribution in [0.2, 0.25) is 0 Å². The molecule has 0 bridgehead atoms. The van der Waals surface area contributed by atoms with E-state index in [1.165, 1.54) is 24.3 Å². The van der Waals surface area contributed by atoms with Crippen LogP contribution >= 0.6 is 11.3 Å². The Morgan fingerprint density at radius 1 is 1.24 bits per heavy atom. The van der Waals surface area contributed by atoms with Gasteiger partial charge in [0.15, 0.2) is 0 Å². The quantitative estimate of drug-likeness (QED) is 0.886. The van der Waals surface area contributed by atoms with Gasteiger partial charge in [0.25, 0.3) is 0 Å². The van der Waals surface area contributed by atoms with Gasteiger partial charge in [-0.1, -0.05) is 12.1 Å². The number of hydrogen-bond acceptors (Lipinski definition) is 4. The molecule has 0 aliphatic carbocycles. The van der Waals surface area contributed by atoms with Crippen molar-refractivity contribution in [2.24, 2.45) is 0 Å². The molecule has 21 heavy (non-hydrogen) atoms. The molecule has 0 fully saturated rings. The van der Waals surface area contributed by atoms with Gasteiger partial charge in [-0.25, -0.2) is 22.5 Å². The molecule has 0 aliphatic heterocycles. The highest BCUT2D eigenvalue weighted by atomic mass is 32.2. The summed E-state index contributed by atoms with van der Waals surface area (Å²) in [6, 6.07) is 5.47. The van der Waals surface area contributed by atoms with Gasteiger partial charge in [-0.15, -0.1) is 11.3 Å². The summed E-state index contributed by atoms with van der Waals surface area (Å²) in [5, 5.41) is 0.983. The number of nitrogens with zero attached hydrogens (tertiary/aromatic N) is 1. The topological polar surface area (TPSA) is 59.1 Å². The highest BCUT2D eigenvalue weighted by Gasteiger charge is 2.12. The van der Waals surface area contributed by atoms with E-state index in [0.717, 1.165) is 15.6 Å². The molecule has 1 heterocycles. The van der Waals surface area contributed by atoms with Crippen LogP contribution < -0.4 is 4.72 Å². The number of halogens is 1. The normalized spacial score (nSPS) is 11.8. The number of aromatic nitrogens is 1. The van der Waals surface area contributed by atoms with Crippen LogP contribution in [0.15, 0.2) is 24.3 Å². The Hall–Kier alpha value is -1.31. The average molecular weight is 328 g/mol. The van der Waals surface area contributed by atoms with Crippen LogP contribution in [-0.2, 0) is 22.2 Å². The van der Waals surface area contributed by atoms with Crippen molar-refractivity contribution in [1.29, 1.82) is 0 Å². The molecule has 0 saturated carbocycles. The molecule has 4 nitrogen and oxygen atoms in total. The van der Waals surface area contributed by atoms with E-state index in [0.29, 0.717) is 18.5 Å². The fourth-order valence-electron chi connectivity index (χ4n) is 1.98. The van der Waals surface area contributed by atoms with Crippen molar-refractivity contribution in [3.05, 3.63) is 51.2 Å². The summed E-state index contributed by atoms with van der Waals surface area (Å²) in [7, 11) is -3.41. The molecule has 1 aromatic heterocycles. The minimum absolute atomic E-state index is 0.145. The predicted molar refractivity (Wildman–Crippen MR) is 82.3 cm³/mol. The molecular weight excluding hydrogens is 311 g/mol. The van der Waals surface area contributed by atoms with Gasteiger partial charge in [-0.3, -0.25) is 0 Å². The minimum atomic E-state index is -3.41. The molecule has 114 valence electrons. The first-order chi connectivity index (χ1) is 9.85. The Bertz CT molecular complexity index is 709. The van der Waals surface area contributed by atoms with Crippen LogP contribution in [0.5, 0.6) is 0 Å². The van der Waals surface area contributed by atoms with Crippen LogP contribution in [0.4, 0.5) is 4.39 Å². The first-order valence-corrected chi connectivity index (χ1v) is 8.97. The Kier molecular flexibility index (Phi) is 5.08. The molecule has 2 rings (SSSR count). The number of rotatable bonds is 6. The second-order valence-electron chi connectivity index (χ2n) is 4.77. The van der Waals surface area contributed by atoms with E-state index in [1.54, 1.807) is 11.3 Å². The summed E-state index contributed by atoms with van der Waals surface area (Å²) >= 11 is 1.58. The third kappa shape index (κ3) is 4.87. The summed E-state index contributed by atoms with van der Waals surface area (Å²) < 4.78 is 39.2. The lowest BCUT2D eigenvalue weighted by molar-refractivity contribution is 0.580. The third-order valence-electron chi connectivity index (χ3n) is 2.94. The van der Waals surface area contributed by atoms with Crippen molar-refractivity contribution >= 4 is 21.4 Å². The molecule has 1 aromatic carbocycles. The Morgan fingerprint density at radius 3 is 2.48 bits per heavy atom. The molecule has 0 spiro atoms. The van der Waals surface area contributed by atoms with E-state index in [-0.39, 0.29) is 11.6 Å². The Balaban J connectivity index is 1.89. The van der Waals surface area contributed by atoms with E-state index in [9.17, 15) is 12.8 Å². The molecule has 0 atom stereocenters. The summed E-state index contributed by atoms with van der Waals surface area (Å²) in [5.41, 5.74) is 1.52. The van der Waals surface area contributed by atoms with Gasteiger partial charge >= 0.3 is 0 Å². The number of nitrogens with one attached hydrogen (secondary N) is 1. The Morgan fingerprint density at radius 2 is 1.90 bits per heavy atom. The van der Waals surface area contributed by atoms with Gasteiger partial charge in [0, 0.05) is 11.4 Å². The SMILES string of the molecule is Cc1nc(C)c(CCNS(=O)(=O)Cc2ccc(F)cc2)s1. The van der Waals surface area contributed by atoms with Crippen molar-refractivity contribution in [1.82, 2.24) is 9.71 Å². The lowest BCUT2D eigenvalue weighted by Gasteiger charge is -2.06. The lowest BCUT2D eigenvalue weighted by Crippen LogP contribution is -2.27. The number of sulfonamides is 1. The van der Waals surface area contributed by atoms with Crippen LogP contribution in [0.25, 0.3) is 0 Å². The van der Waals surface area contributed by atoms with E-state index in [1.807, 2.05) is 13.8 Å². The minimum Gasteiger partial charge on any atom is -0.247 e. The van der Waals surface area contributed by atoms with Gasteiger partial charge in [-0.05, 0) is 38.0 Å². The molecule has 0 saturated heterocycles. The average Bonchev–Trinajstić information content (AvgIpc) is 2.70. The summed E-state index contributed by atoms with van der Waals surface area (Å²) in [6.45, 7) is 4.19. The van der Waals surface area contributed by atoms with Crippen molar-refractivity contribution in [3.8, 4) is 0 Å². The molecule has 0 aliphatic rings. The number of thiazole rings is 1. The molecule has 0 radical (unpaired) electrons. The van der Waals surface area contributed by atoms with Crippen LogP contribution in [-0.4, -0.2) is 19.9 Å². The summed E-state index contributed by atoms with van der Waals surface area (Å²) in [5.74, 6) is -0.520. The van der Waals surface area contributed by atoms with Crippen molar-refractivity contribution < 1.29 is 12.8 Å².